The number of piperazine rings is 1. The van der Waals surface area contributed by atoms with Gasteiger partial charge in [-0.05, 0) is 156 Å². The summed E-state index contributed by atoms with van der Waals surface area (Å²) in [6.45, 7) is 18.2. The predicted molar refractivity (Wildman–Crippen MR) is 483 cm³/mol. The average molecular weight is 1780 g/mol. The zero-order chi connectivity index (χ0) is 91.8. The molecule has 2 aromatic carbocycles. The third kappa shape index (κ3) is 26.0. The van der Waals surface area contributed by atoms with E-state index in [2.05, 4.69) is 48.5 Å². The van der Waals surface area contributed by atoms with E-state index in [0.717, 1.165) is 40.7 Å². The van der Waals surface area contributed by atoms with Crippen molar-refractivity contribution in [1.29, 1.82) is 0 Å². The molecule has 129 heavy (non-hydrogen) atoms. The lowest BCUT2D eigenvalue weighted by atomic mass is 9.78. The first-order valence-electron chi connectivity index (χ1n) is 45.7. The molecule has 1 saturated carbocycles. The molecule has 0 spiro atoms. The molecule has 7 N–H and O–H groups in total. The van der Waals surface area contributed by atoms with Gasteiger partial charge < -0.3 is 84.0 Å². The van der Waals surface area contributed by atoms with Crippen LogP contribution in [0.25, 0.3) is 44.5 Å². The van der Waals surface area contributed by atoms with Gasteiger partial charge in [-0.3, -0.25) is 28.8 Å². The number of hydrogen-bond acceptors (Lipinski definition) is 29. The summed E-state index contributed by atoms with van der Waals surface area (Å²) in [5, 5.41) is 40.9. The van der Waals surface area contributed by atoms with Crippen LogP contribution in [-0.4, -0.2) is 252 Å². The van der Waals surface area contributed by atoms with Gasteiger partial charge in [0.05, 0.1) is 75.1 Å². The van der Waals surface area contributed by atoms with Gasteiger partial charge in [-0.2, -0.15) is 10.1 Å². The van der Waals surface area contributed by atoms with Crippen molar-refractivity contribution < 1.29 is 86.1 Å². The fourth-order valence-electron chi connectivity index (χ4n) is 18.1. The molecule has 15 atom stereocenters. The molecule has 5 aliphatic rings. The van der Waals surface area contributed by atoms with Crippen molar-refractivity contribution in [1.82, 2.24) is 64.8 Å². The van der Waals surface area contributed by atoms with Crippen LogP contribution < -0.4 is 21.7 Å². The molecule has 4 aliphatic heterocycles. The molecule has 0 radical (unpaired) electrons. The Bertz CT molecular complexity index is 5060. The summed E-state index contributed by atoms with van der Waals surface area (Å²) in [7, 11) is 4.64. The largest absolute Gasteiger partial charge is 0.460 e. The van der Waals surface area contributed by atoms with E-state index in [1.54, 1.807) is 50.4 Å². The number of cyclic esters (lactones) is 1. The fraction of sp³-hybridized carbons (Fsp3) is 0.589. The number of nitrogens with one attached hydrogen (secondary N) is 1. The summed E-state index contributed by atoms with van der Waals surface area (Å²) in [5.41, 5.74) is 19.9. The van der Waals surface area contributed by atoms with E-state index in [1.165, 1.54) is 18.3 Å². The lowest BCUT2D eigenvalue weighted by Gasteiger charge is -2.42. The maximum absolute atomic E-state index is 14.9. The van der Waals surface area contributed by atoms with Crippen molar-refractivity contribution in [3.63, 3.8) is 0 Å². The maximum atomic E-state index is 14.9. The molecule has 698 valence electrons. The normalized spacial score (nSPS) is 27.1. The third-order valence-corrected chi connectivity index (χ3v) is 25.8. The van der Waals surface area contributed by atoms with E-state index >= 15 is 0 Å². The Kier molecular flexibility index (Phi) is 35.5. The lowest BCUT2D eigenvalue weighted by molar-refractivity contribution is -0.265. The van der Waals surface area contributed by atoms with Crippen LogP contribution in [0.5, 0.6) is 0 Å². The standard InChI is InChI=1S/C95H130N16O18/c1-59-20-13-11-12-14-21-60(2)77(121-8)52-72-29-25-65(7)95(120,129-72)88(117)91(118)110-35-17-15-24-74(110)92(119)127-78(53-75(112)61(3)47-64(6)86(116)87(123-10)85(115)63(5)46-59)62(4)48-66-26-31-76(80(50-66)122-9)126-57-67-22-19-23-68(49-67)70-54-99-94(100-55-70)108-39-37-107(38-40-108)82(114)32-28-71-56-109(106-104-71)41-43-125-45-44-124-42-33-81(113)98-34-16-18-36-111-90-83(89(96)101-58-102-90)84(105-111)69-27-30-73-79(51-69)128-93(97)103-73/h11-14,19,21-23,27,30,47,49,51,54-56,58-59,61-63,65-66,72,74,76-78,80,86-87,116,120H,15-18,20,24-26,28-29,31-46,48,50,52-53,57H2,1-10H3,(H2,97,103)(H,98,113)(H2,96,101,102)/b13-11-,14-12+,60-21+,64-47+/t59-,61-,62-,63-,65-,66+,72+,74+,76-,77+,78+,80-,86-,87+,95-/m1/s1. The molecule has 7 aromatic rings. The topological polar surface area (TPSA) is 434 Å². The monoisotopic (exact) mass is 1780 g/mol. The van der Waals surface area contributed by atoms with Gasteiger partial charge in [0, 0.05) is 147 Å². The Balaban J connectivity index is 0.567. The van der Waals surface area contributed by atoms with Crippen LogP contribution in [0.1, 0.15) is 169 Å². The van der Waals surface area contributed by atoms with Crippen molar-refractivity contribution in [2.45, 2.75) is 238 Å². The van der Waals surface area contributed by atoms with Gasteiger partial charge in [0.25, 0.3) is 17.7 Å². The van der Waals surface area contributed by atoms with E-state index in [-0.39, 0.29) is 92.3 Å². The van der Waals surface area contributed by atoms with Crippen LogP contribution in [0.4, 0.5) is 17.8 Å². The summed E-state index contributed by atoms with van der Waals surface area (Å²) in [4.78, 5) is 126. The highest BCUT2D eigenvalue weighted by Crippen LogP contribution is 2.40. The number of fused-ring (bicyclic) bond motifs is 5. The number of nitrogens with two attached hydrogens (primary N) is 2. The molecule has 2 bridgehead atoms. The Hall–Kier alpha value is -10.4. The highest BCUT2D eigenvalue weighted by atomic mass is 16.6. The molecule has 34 heteroatoms. The number of ether oxygens (including phenoxy) is 8. The van der Waals surface area contributed by atoms with E-state index in [1.807, 2.05) is 111 Å². The smallest absolute Gasteiger partial charge is 0.329 e. The SMILES string of the molecule is CO[C@H]1C[C@@H]2CC[C@@H](C)[C@@](O)(O2)C(=O)C(=O)N2CCCC[C@H]2C(=O)O[C@H]([C@H](C)C[C@@H]2CC[C@@H](OCc3cccc(-c4cnc(N5CCN(C(=O)CCc6cn(CCOCCOCCC(=O)NCCCCn7nc(-c8ccc9nc(N)oc9c8)c8c(N)ncnc87)nn6)CC5)nc4)c3)[C@H](OC)C2)CC(=O)[C@H](C)/C=C(\C)[C@@H](O)[C@@H](OC)C(=O)[C@H](C)C[C@H](C)C\C=C/C=C/C=C/1C. The number of aliphatic hydroxyl groups excluding tert-OH is 1. The summed E-state index contributed by atoms with van der Waals surface area (Å²) in [6, 6.07) is 12.4. The molecular formula is C95H130N16O18. The second kappa shape index (κ2) is 46.9. The number of anilines is 3. The number of nitrogens with zero attached hydrogens (tertiary/aromatic N) is 13. The molecule has 0 unspecified atom stereocenters. The Morgan fingerprint density at radius 1 is 0.775 bits per heavy atom. The number of aryl methyl sites for hydroxylation is 2. The Morgan fingerprint density at radius 2 is 1.57 bits per heavy atom. The molecule has 3 saturated heterocycles. The number of aliphatic hydroxyl groups is 2. The molecule has 12 rings (SSSR count). The number of amides is 3. The van der Waals surface area contributed by atoms with Crippen molar-refractivity contribution in [2.75, 3.05) is 103 Å². The number of unbranched alkanes of at least 4 members (excludes halogenated alkanes) is 1. The van der Waals surface area contributed by atoms with E-state index < -0.39 is 83.7 Å². The van der Waals surface area contributed by atoms with Gasteiger partial charge >= 0.3 is 5.97 Å². The third-order valence-electron chi connectivity index (χ3n) is 25.8. The van der Waals surface area contributed by atoms with Gasteiger partial charge in [-0.25, -0.2) is 34.1 Å². The van der Waals surface area contributed by atoms with E-state index in [9.17, 15) is 43.8 Å². The van der Waals surface area contributed by atoms with Crippen LogP contribution in [0.2, 0.25) is 0 Å². The summed E-state index contributed by atoms with van der Waals surface area (Å²) < 4.78 is 57.6. The van der Waals surface area contributed by atoms with Crippen molar-refractivity contribution in [3.8, 4) is 22.4 Å². The maximum Gasteiger partial charge on any atom is 0.329 e. The number of aromatic nitrogens is 10. The van der Waals surface area contributed by atoms with E-state index in [0.29, 0.717) is 200 Å². The molecule has 9 heterocycles. The van der Waals surface area contributed by atoms with Gasteiger partial charge in [-0.15, -0.1) is 5.10 Å². The first kappa shape index (κ1) is 97.6. The van der Waals surface area contributed by atoms with Crippen molar-refractivity contribution >= 4 is 81.0 Å². The average Bonchev–Trinajstić information content (AvgIpc) is 1.37. The number of hydrogen-bond donors (Lipinski definition) is 5. The first-order valence-corrected chi connectivity index (χ1v) is 45.7. The fourth-order valence-corrected chi connectivity index (χ4v) is 18.1. The zero-order valence-electron chi connectivity index (χ0n) is 76.2. The number of carbonyl (C=O) groups is 7. The van der Waals surface area contributed by atoms with Crippen LogP contribution in [-0.2, 0) is 97.6 Å². The van der Waals surface area contributed by atoms with Crippen molar-refractivity contribution in [3.05, 3.63) is 126 Å². The number of ketones is 3. The highest BCUT2D eigenvalue weighted by Gasteiger charge is 2.53. The predicted octanol–water partition coefficient (Wildman–Crippen LogP) is 10.3. The van der Waals surface area contributed by atoms with Gasteiger partial charge in [0.15, 0.2) is 17.0 Å². The van der Waals surface area contributed by atoms with Gasteiger partial charge in [-0.1, -0.05) is 101 Å². The first-order chi connectivity index (χ1) is 62.2. The quantitative estimate of drug-likeness (QED) is 0.0126. The molecule has 5 aromatic heterocycles. The van der Waals surface area contributed by atoms with Gasteiger partial charge in [0.1, 0.15) is 53.5 Å². The summed E-state index contributed by atoms with van der Waals surface area (Å²) >= 11 is 0. The minimum absolute atomic E-state index is 0.0327. The molecule has 3 amide bonds. The Labute approximate surface area is 754 Å². The number of methoxy groups -OCH3 is 3. The van der Waals surface area contributed by atoms with E-state index in [4.69, 9.17) is 68.8 Å². The highest BCUT2D eigenvalue weighted by molar-refractivity contribution is 6.39. The number of Topliss-reactive ketones (excluding diaryl/α,β-unsaturated/α-hetero) is 3. The minimum Gasteiger partial charge on any atom is -0.460 e. The minimum atomic E-state index is -2.47. The summed E-state index contributed by atoms with van der Waals surface area (Å²) in [6.07, 6.45) is 21.5. The van der Waals surface area contributed by atoms with Crippen LogP contribution in [0.3, 0.4) is 0 Å². The second-order valence-corrected chi connectivity index (χ2v) is 35.4. The summed E-state index contributed by atoms with van der Waals surface area (Å²) in [5.74, 6) is -7.35. The van der Waals surface area contributed by atoms with Crippen LogP contribution in [0.15, 0.2) is 119 Å². The number of nitrogen functional groups attached to an aromatic ring is 2. The number of oxazole rings is 1. The lowest BCUT2D eigenvalue weighted by Crippen LogP contribution is -2.61. The zero-order valence-corrected chi connectivity index (χ0v) is 76.2. The number of allylic oxidation sites excluding steroid dienone is 6. The number of rotatable bonds is 29. The number of benzene rings is 2. The number of carbonyl (C=O) groups excluding carboxylic acids is 7. The van der Waals surface area contributed by atoms with Crippen LogP contribution >= 0.6 is 0 Å². The molecule has 34 nitrogen and oxygen atoms in total. The number of piperidine rings is 1. The van der Waals surface area contributed by atoms with Crippen molar-refractivity contribution in [2.24, 2.45) is 35.5 Å². The van der Waals surface area contributed by atoms with Gasteiger partial charge in [0.2, 0.25) is 23.5 Å². The molecule has 4 fully saturated rings. The number of esters is 1. The van der Waals surface area contributed by atoms with Crippen LogP contribution in [0, 0.1) is 35.5 Å². The molecule has 1 aliphatic carbocycles. The second-order valence-electron chi connectivity index (χ2n) is 35.4. The Morgan fingerprint density at radius 3 is 2.34 bits per heavy atom. The molecular weight excluding hydrogens is 1650 g/mol.